The fraction of sp³-hybridized carbons (Fsp3) is 1.00. The second-order valence-corrected chi connectivity index (χ2v) is 14.6. The van der Waals surface area contributed by atoms with Crippen molar-refractivity contribution < 1.29 is 56.8 Å². The molecule has 44 heavy (non-hydrogen) atoms. The van der Waals surface area contributed by atoms with E-state index in [1.807, 2.05) is 0 Å². The molecule has 0 N–H and O–H groups in total. The molecule has 6 aliphatic rings. The maximum atomic E-state index is 6.61. The highest BCUT2D eigenvalue weighted by Crippen LogP contribution is 2.57. The van der Waals surface area contributed by atoms with Gasteiger partial charge in [0.05, 0.1) is 90.0 Å². The van der Waals surface area contributed by atoms with E-state index >= 15 is 0 Å². The first kappa shape index (κ1) is 33.4. The van der Waals surface area contributed by atoms with Crippen molar-refractivity contribution in [1.29, 1.82) is 0 Å². The molecule has 0 aromatic heterocycles. The van der Waals surface area contributed by atoms with Crippen molar-refractivity contribution in [3.63, 3.8) is 0 Å². The van der Waals surface area contributed by atoms with Gasteiger partial charge in [-0.3, -0.25) is 0 Å². The fourth-order valence-electron chi connectivity index (χ4n) is 9.22. The Hall–Kier alpha value is -0.480. The second kappa shape index (κ2) is 12.5. The minimum Gasteiger partial charge on any atom is -0.355 e. The molecule has 12 heteroatoms. The highest BCUT2D eigenvalue weighted by molar-refractivity contribution is 5.13. The zero-order chi connectivity index (χ0) is 31.3. The summed E-state index contributed by atoms with van der Waals surface area (Å²) in [7, 11) is 0. The van der Waals surface area contributed by atoms with Crippen LogP contribution in [0, 0.1) is 16.2 Å². The van der Waals surface area contributed by atoms with Gasteiger partial charge in [-0.1, -0.05) is 0 Å². The van der Waals surface area contributed by atoms with Gasteiger partial charge in [0.1, 0.15) is 40.8 Å². The molecule has 12 nitrogen and oxygen atoms in total. The van der Waals surface area contributed by atoms with E-state index in [0.29, 0.717) is 45.7 Å². The van der Waals surface area contributed by atoms with Crippen molar-refractivity contribution in [1.82, 2.24) is 0 Å². The van der Waals surface area contributed by atoms with Gasteiger partial charge in [0.2, 0.25) is 0 Å². The molecule has 254 valence electrons. The Balaban J connectivity index is 1.25. The van der Waals surface area contributed by atoms with Gasteiger partial charge in [-0.2, -0.15) is 0 Å². The Kier molecular flexibility index (Phi) is 9.51. The standard InChI is InChI=1S/C32H54O12/c1-22-31(23(2)39-19-38-22)14-35-18-40-25(31)8-10-28(6)30(12-33-16-34-13-30)29(7,44-21-43-28)11-9-26-32(15-36-17-37-24(32)3)27(4,5)42-20-41-26/h22-26H,8-21H2,1-7H3. The number of rotatable bonds is 6. The zero-order valence-electron chi connectivity index (χ0n) is 27.7. The summed E-state index contributed by atoms with van der Waals surface area (Å²) in [5.74, 6) is 0. The van der Waals surface area contributed by atoms with Crippen LogP contribution in [0.1, 0.15) is 74.1 Å². The third kappa shape index (κ3) is 5.11. The van der Waals surface area contributed by atoms with Crippen LogP contribution in [-0.4, -0.2) is 115 Å². The summed E-state index contributed by atoms with van der Waals surface area (Å²) >= 11 is 0. The van der Waals surface area contributed by atoms with Crippen LogP contribution in [-0.2, 0) is 56.8 Å². The largest absolute Gasteiger partial charge is 0.355 e. The average molecular weight is 631 g/mol. The molecule has 0 bridgehead atoms. The van der Waals surface area contributed by atoms with Crippen LogP contribution in [0.4, 0.5) is 0 Å². The number of hydrogen-bond donors (Lipinski definition) is 0. The smallest absolute Gasteiger partial charge is 0.148 e. The van der Waals surface area contributed by atoms with Gasteiger partial charge < -0.3 is 56.8 Å². The molecule has 0 saturated carbocycles. The number of ether oxygens (including phenoxy) is 12. The van der Waals surface area contributed by atoms with E-state index in [1.54, 1.807) is 0 Å². The first-order chi connectivity index (χ1) is 21.0. The summed E-state index contributed by atoms with van der Waals surface area (Å²) in [5.41, 5.74) is -3.27. The van der Waals surface area contributed by atoms with E-state index in [-0.39, 0.29) is 71.3 Å². The third-order valence-electron chi connectivity index (χ3n) is 12.7. The van der Waals surface area contributed by atoms with Gasteiger partial charge in [-0.15, -0.1) is 0 Å². The van der Waals surface area contributed by atoms with Gasteiger partial charge in [-0.05, 0) is 74.1 Å². The molecular formula is C32H54O12. The monoisotopic (exact) mass is 630 g/mol. The SMILES string of the molecule is CC1OCOC(C)C12COCOC2CCC1(C)OCOC(C)(CCC2OCOC(C)(C)C23COCOC3C)C12COCOC2. The molecule has 8 unspecified atom stereocenters. The normalized spacial score (nSPS) is 47.7. The second-order valence-electron chi connectivity index (χ2n) is 14.6. The fourth-order valence-corrected chi connectivity index (χ4v) is 9.22. The molecule has 0 radical (unpaired) electrons. The van der Waals surface area contributed by atoms with E-state index in [1.165, 1.54) is 0 Å². The van der Waals surface area contributed by atoms with Crippen molar-refractivity contribution in [2.24, 2.45) is 16.2 Å². The lowest BCUT2D eigenvalue weighted by Gasteiger charge is -2.62. The molecule has 6 aliphatic heterocycles. The van der Waals surface area contributed by atoms with E-state index in [0.717, 1.165) is 6.42 Å². The molecule has 8 atom stereocenters. The summed E-state index contributed by atoms with van der Waals surface area (Å²) in [6.45, 7) is 18.2. The molecule has 6 saturated heterocycles. The summed E-state index contributed by atoms with van der Waals surface area (Å²) < 4.78 is 73.9. The summed E-state index contributed by atoms with van der Waals surface area (Å²) in [6.07, 6.45) is 2.28. The zero-order valence-corrected chi connectivity index (χ0v) is 27.7. The lowest BCUT2D eigenvalue weighted by molar-refractivity contribution is -0.381. The third-order valence-corrected chi connectivity index (χ3v) is 12.7. The quantitative estimate of drug-likeness (QED) is 0.427. The Bertz CT molecular complexity index is 978. The van der Waals surface area contributed by atoms with Crippen LogP contribution < -0.4 is 0 Å². The summed E-state index contributed by atoms with van der Waals surface area (Å²) in [6, 6.07) is 0. The summed E-state index contributed by atoms with van der Waals surface area (Å²) in [5, 5.41) is 0. The van der Waals surface area contributed by atoms with Crippen LogP contribution in [0.2, 0.25) is 0 Å². The number of hydrogen-bond acceptors (Lipinski definition) is 12. The molecule has 6 fully saturated rings. The Morgan fingerprint density at radius 1 is 0.500 bits per heavy atom. The molecule has 0 aromatic carbocycles. The highest BCUT2D eigenvalue weighted by Gasteiger charge is 2.66. The predicted molar refractivity (Wildman–Crippen MR) is 154 cm³/mol. The van der Waals surface area contributed by atoms with Crippen LogP contribution in [0.3, 0.4) is 0 Å². The maximum Gasteiger partial charge on any atom is 0.148 e. The van der Waals surface area contributed by atoms with Gasteiger partial charge in [0.25, 0.3) is 0 Å². The van der Waals surface area contributed by atoms with Crippen molar-refractivity contribution in [2.75, 3.05) is 67.2 Å². The molecule has 3 spiro atoms. The van der Waals surface area contributed by atoms with E-state index in [4.69, 9.17) is 56.8 Å². The van der Waals surface area contributed by atoms with Gasteiger partial charge in [0, 0.05) is 0 Å². The van der Waals surface area contributed by atoms with Crippen LogP contribution in [0.15, 0.2) is 0 Å². The minimum absolute atomic E-state index is 0.0771. The Labute approximate surface area is 261 Å². The Morgan fingerprint density at radius 2 is 1.05 bits per heavy atom. The highest BCUT2D eigenvalue weighted by atomic mass is 16.7. The van der Waals surface area contributed by atoms with Crippen LogP contribution in [0.25, 0.3) is 0 Å². The molecule has 0 amide bonds. The van der Waals surface area contributed by atoms with Crippen LogP contribution >= 0.6 is 0 Å². The van der Waals surface area contributed by atoms with Gasteiger partial charge in [-0.25, -0.2) is 0 Å². The molecule has 0 aromatic rings. The van der Waals surface area contributed by atoms with E-state index in [2.05, 4.69) is 48.5 Å². The van der Waals surface area contributed by atoms with Crippen molar-refractivity contribution in [3.8, 4) is 0 Å². The molecular weight excluding hydrogens is 576 g/mol. The first-order valence-electron chi connectivity index (χ1n) is 16.3. The Morgan fingerprint density at radius 3 is 1.70 bits per heavy atom. The topological polar surface area (TPSA) is 111 Å². The lowest BCUT2D eigenvalue weighted by atomic mass is 9.57. The molecule has 6 heterocycles. The maximum absolute atomic E-state index is 6.61. The molecule has 0 aliphatic carbocycles. The van der Waals surface area contributed by atoms with Crippen molar-refractivity contribution in [2.45, 2.75) is 121 Å². The summed E-state index contributed by atoms with van der Waals surface area (Å²) in [4.78, 5) is 0. The van der Waals surface area contributed by atoms with E-state index in [9.17, 15) is 0 Å². The van der Waals surface area contributed by atoms with E-state index < -0.39 is 33.0 Å². The average Bonchev–Trinajstić information content (AvgIpc) is 3.00. The van der Waals surface area contributed by atoms with Gasteiger partial charge >= 0.3 is 0 Å². The predicted octanol–water partition coefficient (Wildman–Crippen LogP) is 3.73. The van der Waals surface area contributed by atoms with Crippen molar-refractivity contribution in [3.05, 3.63) is 0 Å². The minimum atomic E-state index is -0.640. The first-order valence-corrected chi connectivity index (χ1v) is 16.3. The van der Waals surface area contributed by atoms with Gasteiger partial charge in [0.15, 0.2) is 0 Å². The van der Waals surface area contributed by atoms with Crippen LogP contribution in [0.5, 0.6) is 0 Å². The molecule has 6 rings (SSSR count). The van der Waals surface area contributed by atoms with Crippen molar-refractivity contribution >= 4 is 0 Å². The lowest BCUT2D eigenvalue weighted by Crippen LogP contribution is -2.71.